The SMILES string of the molecule is C[C@H]1O[C@@H](OC[C@@H]2O[C@H](Oc3c(-c4ccc(O)c(O)c4)oc4cc(O)cc(O)c4c3=O)[C@@H](O)[C@H](O)[C@H]2OC(=O)/C=C/c2ccc(O)cc2)[C@H](O)[C@H](O)[C@@H]1O. The van der Waals surface area contributed by atoms with Crippen LogP contribution in [0.3, 0.4) is 0 Å². The molecule has 2 aliphatic heterocycles. The Bertz CT molecular complexity index is 2080. The number of fused-ring (bicyclic) bond motifs is 1. The van der Waals surface area contributed by atoms with Crippen molar-refractivity contribution in [3.8, 4) is 45.8 Å². The van der Waals surface area contributed by atoms with Gasteiger partial charge in [-0.15, -0.1) is 0 Å². The van der Waals surface area contributed by atoms with E-state index in [1.165, 1.54) is 43.3 Å². The van der Waals surface area contributed by atoms with E-state index in [1.807, 2.05) is 0 Å². The van der Waals surface area contributed by atoms with Crippen molar-refractivity contribution >= 4 is 23.0 Å². The molecule has 1 aromatic heterocycles. The van der Waals surface area contributed by atoms with E-state index >= 15 is 0 Å². The molecule has 6 rings (SSSR count). The van der Waals surface area contributed by atoms with E-state index in [9.17, 15) is 60.7 Å². The van der Waals surface area contributed by atoms with E-state index < -0.39 is 119 Å². The van der Waals surface area contributed by atoms with Crippen molar-refractivity contribution in [2.45, 2.75) is 68.3 Å². The zero-order valence-electron chi connectivity index (χ0n) is 28.1. The maximum atomic E-state index is 13.9. The fourth-order valence-corrected chi connectivity index (χ4v) is 5.89. The van der Waals surface area contributed by atoms with Crippen molar-refractivity contribution in [1.29, 1.82) is 0 Å². The molecule has 2 fully saturated rings. The summed E-state index contributed by atoms with van der Waals surface area (Å²) in [5.41, 5.74) is -0.977. The van der Waals surface area contributed by atoms with Crippen molar-refractivity contribution in [3.05, 3.63) is 76.5 Å². The van der Waals surface area contributed by atoms with E-state index in [1.54, 1.807) is 0 Å². The van der Waals surface area contributed by atoms with Gasteiger partial charge in [0.25, 0.3) is 0 Å². The highest BCUT2D eigenvalue weighted by atomic mass is 16.7. The summed E-state index contributed by atoms with van der Waals surface area (Å²) in [4.78, 5) is 26.8. The molecule has 18 heteroatoms. The molecule has 10 N–H and O–H groups in total. The first-order valence-electron chi connectivity index (χ1n) is 16.3. The van der Waals surface area contributed by atoms with Gasteiger partial charge in [0.1, 0.15) is 64.8 Å². The molecule has 0 amide bonds. The van der Waals surface area contributed by atoms with Crippen LogP contribution >= 0.6 is 0 Å². The molecule has 0 unspecified atom stereocenters. The quantitative estimate of drug-likeness (QED) is 0.0623. The van der Waals surface area contributed by atoms with E-state index in [4.69, 9.17) is 28.1 Å². The zero-order valence-corrected chi connectivity index (χ0v) is 28.1. The third-order valence-corrected chi connectivity index (χ3v) is 8.82. The van der Waals surface area contributed by atoms with Gasteiger partial charge in [-0.25, -0.2) is 4.79 Å². The van der Waals surface area contributed by atoms with Crippen LogP contribution in [0.5, 0.6) is 34.5 Å². The maximum absolute atomic E-state index is 13.9. The maximum Gasteiger partial charge on any atom is 0.331 e. The minimum absolute atomic E-state index is 0.0137. The highest BCUT2D eigenvalue weighted by Gasteiger charge is 2.50. The highest BCUT2D eigenvalue weighted by Crippen LogP contribution is 2.39. The second-order valence-electron chi connectivity index (χ2n) is 12.6. The Morgan fingerprint density at radius 2 is 1.46 bits per heavy atom. The molecule has 3 aromatic carbocycles. The standard InChI is InChI=1S/C36H36O18/c1-14-26(43)28(45)30(47)35(50-14)49-13-23-33(53-24(42)9-4-15-2-6-17(37)7-3-15)29(46)31(48)36(52-23)54-34-27(44)25-21(41)11-18(38)12-22(25)51-32(34)16-5-8-19(39)20(40)10-16/h2-12,14,23,26,28-31,33,35-41,43,45-48H,13H2,1H3/b9-4+/t14-,23+,26-,28-,29+,30-,31+,33+,35-,36-/m1/s1. The molecule has 18 nitrogen and oxygen atoms in total. The number of phenols is 5. The molecule has 0 radical (unpaired) electrons. The van der Waals surface area contributed by atoms with E-state index in [2.05, 4.69) is 0 Å². The molecule has 54 heavy (non-hydrogen) atoms. The minimum atomic E-state index is -2.08. The Balaban J connectivity index is 1.34. The van der Waals surface area contributed by atoms with Crippen LogP contribution < -0.4 is 10.2 Å². The molecule has 0 spiro atoms. The van der Waals surface area contributed by atoms with Gasteiger partial charge in [0.05, 0.1) is 12.7 Å². The zero-order chi connectivity index (χ0) is 39.0. The van der Waals surface area contributed by atoms with Crippen LogP contribution in [-0.4, -0.2) is 125 Å². The predicted molar refractivity (Wildman–Crippen MR) is 181 cm³/mol. The molecule has 4 aromatic rings. The summed E-state index contributed by atoms with van der Waals surface area (Å²) in [5, 5.41) is 103. The first-order chi connectivity index (χ1) is 25.6. The topological polar surface area (TPSA) is 296 Å². The smallest absolute Gasteiger partial charge is 0.331 e. The van der Waals surface area contributed by atoms with Crippen LogP contribution in [0.15, 0.2) is 69.9 Å². The van der Waals surface area contributed by atoms with Gasteiger partial charge in [0, 0.05) is 23.8 Å². The number of aromatic hydroxyl groups is 5. The molecule has 0 bridgehead atoms. The third-order valence-electron chi connectivity index (χ3n) is 8.82. The van der Waals surface area contributed by atoms with Crippen LogP contribution in [0, 0.1) is 0 Å². The van der Waals surface area contributed by atoms with Gasteiger partial charge in [0.2, 0.25) is 17.5 Å². The molecule has 2 saturated heterocycles. The molecular weight excluding hydrogens is 720 g/mol. The number of rotatable bonds is 9. The molecule has 3 heterocycles. The average molecular weight is 757 g/mol. The monoisotopic (exact) mass is 756 g/mol. The first-order valence-corrected chi connectivity index (χ1v) is 16.3. The number of esters is 1. The van der Waals surface area contributed by atoms with Gasteiger partial charge in [-0.05, 0) is 48.9 Å². The largest absolute Gasteiger partial charge is 0.508 e. The van der Waals surface area contributed by atoms with Crippen LogP contribution in [0.2, 0.25) is 0 Å². The van der Waals surface area contributed by atoms with Gasteiger partial charge in [-0.3, -0.25) is 4.79 Å². The van der Waals surface area contributed by atoms with E-state index in [0.717, 1.165) is 30.3 Å². The van der Waals surface area contributed by atoms with Crippen molar-refractivity contribution in [1.82, 2.24) is 0 Å². The summed E-state index contributed by atoms with van der Waals surface area (Å²) in [6, 6.07) is 10.9. The number of aliphatic hydroxyl groups excluding tert-OH is 5. The van der Waals surface area contributed by atoms with Gasteiger partial charge in [0.15, 0.2) is 29.7 Å². The summed E-state index contributed by atoms with van der Waals surface area (Å²) < 4.78 is 34.1. The Kier molecular flexibility index (Phi) is 11.0. The number of carbonyl (C=O) groups is 1. The number of phenolic OH excluding ortho intramolecular Hbond substituents is 5. The third kappa shape index (κ3) is 7.77. The van der Waals surface area contributed by atoms with Crippen molar-refractivity contribution in [2.24, 2.45) is 0 Å². The summed E-state index contributed by atoms with van der Waals surface area (Å²) in [6.07, 6.45) is -14.6. The fourth-order valence-electron chi connectivity index (χ4n) is 5.89. The van der Waals surface area contributed by atoms with Crippen molar-refractivity contribution in [2.75, 3.05) is 6.61 Å². The lowest BCUT2D eigenvalue weighted by Gasteiger charge is -2.43. The summed E-state index contributed by atoms with van der Waals surface area (Å²) in [7, 11) is 0. The second-order valence-corrected chi connectivity index (χ2v) is 12.6. The van der Waals surface area contributed by atoms with Crippen molar-refractivity contribution < 1.29 is 84.0 Å². The molecule has 10 atom stereocenters. The lowest BCUT2D eigenvalue weighted by atomic mass is 9.98. The highest BCUT2D eigenvalue weighted by molar-refractivity contribution is 5.88. The van der Waals surface area contributed by atoms with E-state index in [0.29, 0.717) is 5.56 Å². The van der Waals surface area contributed by atoms with Crippen LogP contribution in [-0.2, 0) is 23.7 Å². The summed E-state index contributed by atoms with van der Waals surface area (Å²) in [6.45, 7) is 0.716. The number of ether oxygens (including phenoxy) is 5. The van der Waals surface area contributed by atoms with Gasteiger partial charge in [-0.2, -0.15) is 0 Å². The summed E-state index contributed by atoms with van der Waals surface area (Å²) >= 11 is 0. The number of aliphatic hydroxyl groups is 5. The number of hydrogen-bond donors (Lipinski definition) is 10. The Hall–Kier alpha value is -5.44. The van der Waals surface area contributed by atoms with Gasteiger partial charge < -0.3 is 79.2 Å². The van der Waals surface area contributed by atoms with Crippen LogP contribution in [0.25, 0.3) is 28.4 Å². The van der Waals surface area contributed by atoms with Crippen molar-refractivity contribution in [3.63, 3.8) is 0 Å². The number of hydrogen-bond acceptors (Lipinski definition) is 18. The molecular formula is C36H36O18. The fraction of sp³-hybridized carbons (Fsp3) is 0.333. The normalized spacial score (nSPS) is 28.6. The molecule has 0 aliphatic carbocycles. The summed E-state index contributed by atoms with van der Waals surface area (Å²) in [5.74, 6) is -4.59. The van der Waals surface area contributed by atoms with Crippen LogP contribution in [0.1, 0.15) is 12.5 Å². The number of benzene rings is 3. The van der Waals surface area contributed by atoms with Crippen LogP contribution in [0.4, 0.5) is 0 Å². The first kappa shape index (κ1) is 38.3. The molecule has 288 valence electrons. The minimum Gasteiger partial charge on any atom is -0.508 e. The Labute approximate surface area is 304 Å². The lowest BCUT2D eigenvalue weighted by molar-refractivity contribution is -0.319. The Morgan fingerprint density at radius 1 is 0.759 bits per heavy atom. The van der Waals surface area contributed by atoms with Gasteiger partial charge >= 0.3 is 5.97 Å². The van der Waals surface area contributed by atoms with E-state index in [-0.39, 0.29) is 16.9 Å². The second kappa shape index (κ2) is 15.5. The number of carbonyl (C=O) groups excluding carboxylic acids is 1. The molecule has 0 saturated carbocycles. The average Bonchev–Trinajstić information content (AvgIpc) is 3.13. The molecule has 2 aliphatic rings. The lowest BCUT2D eigenvalue weighted by Crippen LogP contribution is -2.62. The Morgan fingerprint density at radius 3 is 2.17 bits per heavy atom. The van der Waals surface area contributed by atoms with Gasteiger partial charge in [-0.1, -0.05) is 12.1 Å². The predicted octanol–water partition coefficient (Wildman–Crippen LogP) is 0.283.